The fourth-order valence-electron chi connectivity index (χ4n) is 2.41. The lowest BCUT2D eigenvalue weighted by Crippen LogP contribution is -2.10. The Morgan fingerprint density at radius 3 is 2.19 bits per heavy atom. The van der Waals surface area contributed by atoms with E-state index in [1.54, 1.807) is 12.1 Å². The molecule has 26 heavy (non-hydrogen) atoms. The topological polar surface area (TPSA) is 63.2 Å². The lowest BCUT2D eigenvalue weighted by Gasteiger charge is -2.18. The van der Waals surface area contributed by atoms with Crippen LogP contribution in [0.2, 0.25) is 0 Å². The van der Waals surface area contributed by atoms with Gasteiger partial charge in [-0.3, -0.25) is 4.79 Å². The second kappa shape index (κ2) is 7.46. The van der Waals surface area contributed by atoms with Gasteiger partial charge >= 0.3 is 0 Å². The van der Waals surface area contributed by atoms with Crippen LogP contribution >= 0.6 is 0 Å². The molecule has 4 nitrogen and oxygen atoms in total. The number of rotatable bonds is 4. The summed E-state index contributed by atoms with van der Waals surface area (Å²) in [5.41, 5.74) is 3.53. The highest BCUT2D eigenvalue weighted by atomic mass is 32.2. The molecule has 0 saturated carbocycles. The van der Waals surface area contributed by atoms with Crippen LogP contribution in [0.25, 0.3) is 6.08 Å². The van der Waals surface area contributed by atoms with Crippen LogP contribution in [0.15, 0.2) is 53.4 Å². The molecule has 0 bridgehead atoms. The van der Waals surface area contributed by atoms with Crippen LogP contribution in [0.5, 0.6) is 0 Å². The number of carbonyl (C=O) groups is 1. The maximum absolute atomic E-state index is 12.2. The fraction of sp³-hybridized carbons (Fsp3) is 0.286. The molecular weight excluding hydrogens is 346 g/mol. The maximum Gasteiger partial charge on any atom is 0.248 e. The molecule has 0 heterocycles. The van der Waals surface area contributed by atoms with Crippen LogP contribution in [0, 0.1) is 6.92 Å². The summed E-state index contributed by atoms with van der Waals surface area (Å²) >= 11 is 0. The van der Waals surface area contributed by atoms with E-state index in [4.69, 9.17) is 0 Å². The van der Waals surface area contributed by atoms with Gasteiger partial charge in [-0.15, -0.1) is 0 Å². The number of benzene rings is 2. The van der Waals surface area contributed by atoms with Gasteiger partial charge in [0.2, 0.25) is 5.91 Å². The van der Waals surface area contributed by atoms with E-state index in [0.717, 1.165) is 17.4 Å². The molecule has 0 radical (unpaired) electrons. The van der Waals surface area contributed by atoms with Gasteiger partial charge in [-0.05, 0) is 47.2 Å². The van der Waals surface area contributed by atoms with E-state index in [1.165, 1.54) is 23.8 Å². The summed E-state index contributed by atoms with van der Waals surface area (Å²) in [5.74, 6) is -0.307. The van der Waals surface area contributed by atoms with Gasteiger partial charge in [0.15, 0.2) is 9.84 Å². The zero-order chi connectivity index (χ0) is 19.5. The Labute approximate surface area is 155 Å². The lowest BCUT2D eigenvalue weighted by atomic mass is 9.87. The molecule has 1 amide bonds. The average Bonchev–Trinajstić information content (AvgIpc) is 2.53. The monoisotopic (exact) mass is 371 g/mol. The summed E-state index contributed by atoms with van der Waals surface area (Å²) in [5, 5.41) is 2.74. The molecule has 2 aromatic rings. The van der Waals surface area contributed by atoms with Gasteiger partial charge in [0.1, 0.15) is 0 Å². The van der Waals surface area contributed by atoms with Gasteiger partial charge < -0.3 is 5.32 Å². The van der Waals surface area contributed by atoms with Crippen molar-refractivity contribution in [3.63, 3.8) is 0 Å². The van der Waals surface area contributed by atoms with Crippen molar-refractivity contribution in [3.05, 3.63) is 65.2 Å². The Hall–Kier alpha value is -2.40. The second-order valence-electron chi connectivity index (χ2n) is 7.44. The molecular formula is C21H25NO3S. The van der Waals surface area contributed by atoms with Crippen molar-refractivity contribution >= 4 is 27.5 Å². The summed E-state index contributed by atoms with van der Waals surface area (Å²) in [6.07, 6.45) is 4.32. The number of carbonyl (C=O) groups excluding carboxylic acids is 1. The van der Waals surface area contributed by atoms with Crippen molar-refractivity contribution in [3.8, 4) is 0 Å². The summed E-state index contributed by atoms with van der Waals surface area (Å²) in [6, 6.07) is 12.7. The summed E-state index contributed by atoms with van der Waals surface area (Å²) < 4.78 is 23.3. The first-order chi connectivity index (χ1) is 12.0. The Bertz CT molecular complexity index is 934. The number of sulfone groups is 1. The van der Waals surface area contributed by atoms with Crippen LogP contribution in [0.3, 0.4) is 0 Å². The molecule has 0 aliphatic carbocycles. The normalized spacial score (nSPS) is 12.3. The molecule has 0 unspecified atom stereocenters. The average molecular weight is 372 g/mol. The molecule has 138 valence electrons. The van der Waals surface area contributed by atoms with Crippen LogP contribution in [0.4, 0.5) is 5.69 Å². The van der Waals surface area contributed by atoms with Gasteiger partial charge in [-0.1, -0.05) is 51.1 Å². The van der Waals surface area contributed by atoms with E-state index in [0.29, 0.717) is 5.69 Å². The molecule has 0 fully saturated rings. The standard InChI is InChI=1S/C21H25NO3S/c1-15-6-12-18(26(5,24)25)14-19(15)22-20(23)13-9-16-7-10-17(11-8-16)21(2,3)4/h6-14H,1-5H3,(H,22,23). The van der Waals surface area contributed by atoms with Crippen molar-refractivity contribution in [2.24, 2.45) is 0 Å². The number of anilines is 1. The zero-order valence-corrected chi connectivity index (χ0v) is 16.6. The first kappa shape index (κ1) is 19.9. The Balaban J connectivity index is 2.13. The van der Waals surface area contributed by atoms with E-state index in [9.17, 15) is 13.2 Å². The van der Waals surface area contributed by atoms with Gasteiger partial charge in [-0.25, -0.2) is 8.42 Å². The third-order valence-corrected chi connectivity index (χ3v) is 5.21. The van der Waals surface area contributed by atoms with Gasteiger partial charge in [-0.2, -0.15) is 0 Å². The second-order valence-corrected chi connectivity index (χ2v) is 9.46. The predicted octanol–water partition coefficient (Wildman–Crippen LogP) is 4.35. The molecule has 0 saturated heterocycles. The van der Waals surface area contributed by atoms with E-state index in [-0.39, 0.29) is 16.2 Å². The smallest absolute Gasteiger partial charge is 0.248 e. The van der Waals surface area contributed by atoms with Crippen molar-refractivity contribution < 1.29 is 13.2 Å². The summed E-state index contributed by atoms with van der Waals surface area (Å²) in [7, 11) is -3.32. The molecule has 0 aromatic heterocycles. The molecule has 5 heteroatoms. The number of hydrogen-bond acceptors (Lipinski definition) is 3. The minimum absolute atomic E-state index is 0.0851. The summed E-state index contributed by atoms with van der Waals surface area (Å²) in [4.78, 5) is 12.4. The van der Waals surface area contributed by atoms with Gasteiger partial charge in [0, 0.05) is 18.0 Å². The molecule has 0 aliphatic heterocycles. The van der Waals surface area contributed by atoms with E-state index in [2.05, 4.69) is 38.2 Å². The highest BCUT2D eigenvalue weighted by Gasteiger charge is 2.13. The van der Waals surface area contributed by atoms with Crippen molar-refractivity contribution in [2.45, 2.75) is 38.0 Å². The van der Waals surface area contributed by atoms with Crippen molar-refractivity contribution in [1.29, 1.82) is 0 Å². The van der Waals surface area contributed by atoms with E-state index in [1.807, 2.05) is 19.1 Å². The minimum Gasteiger partial charge on any atom is -0.322 e. The number of amides is 1. The molecule has 0 aliphatic rings. The quantitative estimate of drug-likeness (QED) is 0.813. The third kappa shape index (κ3) is 5.30. The Morgan fingerprint density at radius 2 is 1.65 bits per heavy atom. The number of aryl methyl sites for hydroxylation is 1. The molecule has 0 atom stereocenters. The fourth-order valence-corrected chi connectivity index (χ4v) is 3.05. The molecule has 0 spiro atoms. The zero-order valence-electron chi connectivity index (χ0n) is 15.8. The van der Waals surface area contributed by atoms with Gasteiger partial charge in [0.25, 0.3) is 0 Å². The SMILES string of the molecule is Cc1ccc(S(C)(=O)=O)cc1NC(=O)C=Cc1ccc(C(C)(C)C)cc1. The molecule has 2 rings (SSSR count). The number of nitrogens with one attached hydrogen (secondary N) is 1. The van der Waals surface area contributed by atoms with Crippen LogP contribution in [0.1, 0.15) is 37.5 Å². The van der Waals surface area contributed by atoms with E-state index < -0.39 is 9.84 Å². The number of hydrogen-bond donors (Lipinski definition) is 1. The first-order valence-corrected chi connectivity index (χ1v) is 10.3. The maximum atomic E-state index is 12.2. The minimum atomic E-state index is -3.32. The van der Waals surface area contributed by atoms with Crippen LogP contribution in [-0.2, 0) is 20.0 Å². The highest BCUT2D eigenvalue weighted by molar-refractivity contribution is 7.90. The first-order valence-electron chi connectivity index (χ1n) is 8.37. The largest absolute Gasteiger partial charge is 0.322 e. The molecule has 1 N–H and O–H groups in total. The summed E-state index contributed by atoms with van der Waals surface area (Å²) in [6.45, 7) is 8.27. The predicted molar refractivity (Wildman–Crippen MR) is 107 cm³/mol. The van der Waals surface area contributed by atoms with Gasteiger partial charge in [0.05, 0.1) is 4.90 Å². The van der Waals surface area contributed by atoms with Crippen LogP contribution < -0.4 is 5.32 Å². The van der Waals surface area contributed by atoms with Crippen molar-refractivity contribution in [1.82, 2.24) is 0 Å². The lowest BCUT2D eigenvalue weighted by molar-refractivity contribution is -0.111. The van der Waals surface area contributed by atoms with E-state index >= 15 is 0 Å². The highest BCUT2D eigenvalue weighted by Crippen LogP contribution is 2.23. The van der Waals surface area contributed by atoms with Crippen molar-refractivity contribution in [2.75, 3.05) is 11.6 Å². The third-order valence-electron chi connectivity index (χ3n) is 4.10. The van der Waals surface area contributed by atoms with Crippen LogP contribution in [-0.4, -0.2) is 20.6 Å². The Kier molecular flexibility index (Phi) is 5.71. The Morgan fingerprint density at radius 1 is 1.04 bits per heavy atom. The molecule has 2 aromatic carbocycles.